The molecule has 0 saturated carbocycles. The third kappa shape index (κ3) is 10.0. The van der Waals surface area contributed by atoms with Gasteiger partial charge < -0.3 is 19.5 Å². The number of nitrogens with zero attached hydrogens (tertiary/aromatic N) is 2. The highest BCUT2D eigenvalue weighted by molar-refractivity contribution is 5.99. The number of hydrogen-bond acceptors (Lipinski definition) is 6. The number of alkyl halides is 9. The van der Waals surface area contributed by atoms with Crippen molar-refractivity contribution in [1.82, 2.24) is 9.97 Å². The highest BCUT2D eigenvalue weighted by Crippen LogP contribution is 2.30. The van der Waals surface area contributed by atoms with Gasteiger partial charge in [0.25, 0.3) is 0 Å². The monoisotopic (exact) mass is 494 g/mol. The Morgan fingerprint density at radius 1 is 0.818 bits per heavy atom. The number of benzene rings is 1. The van der Waals surface area contributed by atoms with E-state index in [1.165, 1.54) is 12.1 Å². The van der Waals surface area contributed by atoms with E-state index in [0.29, 0.717) is 6.07 Å². The van der Waals surface area contributed by atoms with E-state index in [9.17, 15) is 44.3 Å². The summed E-state index contributed by atoms with van der Waals surface area (Å²) in [6.07, 6.45) is -14.7. The topological polar surface area (TPSA) is 94.6 Å². The predicted molar refractivity (Wildman–Crippen MR) is 90.9 cm³/mol. The molecule has 0 aliphatic heterocycles. The summed E-state index contributed by atoms with van der Waals surface area (Å²) in [7, 11) is 0. The Morgan fingerprint density at radius 2 is 1.33 bits per heavy atom. The van der Waals surface area contributed by atoms with Crippen LogP contribution in [0.15, 0.2) is 30.3 Å². The van der Waals surface area contributed by atoms with Crippen molar-refractivity contribution in [2.45, 2.75) is 18.7 Å². The minimum absolute atomic E-state index is 0.481. The van der Waals surface area contributed by atoms with Gasteiger partial charge in [-0.05, 0) is 12.1 Å². The van der Waals surface area contributed by atoms with Gasteiger partial charge in [0.2, 0.25) is 17.7 Å². The zero-order valence-electron chi connectivity index (χ0n) is 15.7. The van der Waals surface area contributed by atoms with Crippen LogP contribution in [0.5, 0.6) is 17.5 Å². The first-order valence-electron chi connectivity index (χ1n) is 8.31. The third-order valence-electron chi connectivity index (χ3n) is 3.03. The smallest absolute Gasteiger partial charge is 0.468 e. The molecule has 17 heteroatoms. The number of hydrogen-bond donors (Lipinski definition) is 2. The second-order valence-electron chi connectivity index (χ2n) is 5.80. The van der Waals surface area contributed by atoms with E-state index in [0.717, 1.165) is 12.1 Å². The second-order valence-corrected chi connectivity index (χ2v) is 5.80. The molecule has 0 spiro atoms. The largest absolute Gasteiger partial charge is 0.573 e. The molecule has 0 fully saturated rings. The molecule has 0 bridgehead atoms. The number of urea groups is 1. The summed E-state index contributed by atoms with van der Waals surface area (Å²) in [6.45, 7) is -3.76. The number of anilines is 2. The fourth-order valence-corrected chi connectivity index (χ4v) is 1.96. The molecule has 182 valence electrons. The van der Waals surface area contributed by atoms with E-state index >= 15 is 0 Å². The van der Waals surface area contributed by atoms with Gasteiger partial charge >= 0.3 is 24.7 Å². The van der Waals surface area contributed by atoms with Crippen molar-refractivity contribution in [2.75, 3.05) is 23.8 Å². The van der Waals surface area contributed by atoms with Crippen molar-refractivity contribution in [3.8, 4) is 17.5 Å². The summed E-state index contributed by atoms with van der Waals surface area (Å²) in [5.74, 6) is -3.50. The number of rotatable bonds is 7. The van der Waals surface area contributed by atoms with Gasteiger partial charge in [0.15, 0.2) is 19.0 Å². The van der Waals surface area contributed by atoms with E-state index in [-0.39, 0.29) is 0 Å². The van der Waals surface area contributed by atoms with Crippen LogP contribution in [0.2, 0.25) is 0 Å². The van der Waals surface area contributed by atoms with Crippen molar-refractivity contribution >= 4 is 17.7 Å². The van der Waals surface area contributed by atoms with Gasteiger partial charge in [-0.3, -0.25) is 5.32 Å². The minimum Gasteiger partial charge on any atom is -0.468 e. The lowest BCUT2D eigenvalue weighted by Crippen LogP contribution is -2.24. The van der Waals surface area contributed by atoms with Crippen molar-refractivity contribution in [2.24, 2.45) is 0 Å². The molecule has 33 heavy (non-hydrogen) atoms. The number of ether oxygens (including phenoxy) is 3. The molecule has 1 heterocycles. The van der Waals surface area contributed by atoms with Crippen LogP contribution in [0.3, 0.4) is 0 Å². The summed E-state index contributed by atoms with van der Waals surface area (Å²) in [5, 5.41) is 3.76. The number of carbonyl (C=O) groups excluding carboxylic acids is 1. The Kier molecular flexibility index (Phi) is 7.65. The molecule has 2 rings (SSSR count). The Hall–Kier alpha value is -3.66. The summed E-state index contributed by atoms with van der Waals surface area (Å²) in [4.78, 5) is 18.8. The van der Waals surface area contributed by atoms with Crippen LogP contribution in [0, 0.1) is 0 Å². The zero-order valence-corrected chi connectivity index (χ0v) is 15.7. The van der Waals surface area contributed by atoms with Gasteiger partial charge in [0.1, 0.15) is 0 Å². The highest BCUT2D eigenvalue weighted by Gasteiger charge is 2.33. The first-order valence-corrected chi connectivity index (χ1v) is 8.31. The van der Waals surface area contributed by atoms with E-state index < -0.39 is 67.1 Å². The number of amides is 2. The number of carbonyl (C=O) groups is 1. The molecule has 0 radical (unpaired) electrons. The van der Waals surface area contributed by atoms with Crippen molar-refractivity contribution in [3.63, 3.8) is 0 Å². The molecule has 0 saturated heterocycles. The van der Waals surface area contributed by atoms with Crippen LogP contribution < -0.4 is 24.8 Å². The standard InChI is InChI=1S/C16H11F9N4O4/c17-14(18,19)6-31-10-5-11(32-7-15(20,21)22)28-12(27-10)29-13(30)26-8-3-1-2-4-9(8)33-16(23,24)25/h1-5H,6-7H2,(H2,26,27,28,29,30). The van der Waals surface area contributed by atoms with Gasteiger partial charge in [-0.15, -0.1) is 13.2 Å². The van der Waals surface area contributed by atoms with Crippen molar-refractivity contribution in [3.05, 3.63) is 30.3 Å². The van der Waals surface area contributed by atoms with Crippen molar-refractivity contribution < 1.29 is 58.5 Å². The van der Waals surface area contributed by atoms with Gasteiger partial charge in [0.05, 0.1) is 11.8 Å². The summed E-state index contributed by atoms with van der Waals surface area (Å²) >= 11 is 0. The first-order chi connectivity index (χ1) is 15.1. The maximum absolute atomic E-state index is 12.4. The van der Waals surface area contributed by atoms with Crippen LogP contribution in [-0.2, 0) is 0 Å². The predicted octanol–water partition coefficient (Wildman–Crippen LogP) is 4.90. The molecule has 1 aromatic carbocycles. The SMILES string of the molecule is O=C(Nc1nc(OCC(F)(F)F)cc(OCC(F)(F)F)n1)Nc1ccccc1OC(F)(F)F. The second kappa shape index (κ2) is 9.86. The number of nitrogens with one attached hydrogen (secondary N) is 2. The Balaban J connectivity index is 2.20. The zero-order chi connectivity index (χ0) is 24.9. The summed E-state index contributed by atoms with van der Waals surface area (Å²) in [5.41, 5.74) is -0.481. The Bertz CT molecular complexity index is 928. The lowest BCUT2D eigenvalue weighted by molar-refractivity contribution is -0.274. The highest BCUT2D eigenvalue weighted by atomic mass is 19.4. The van der Waals surface area contributed by atoms with Crippen LogP contribution in [-0.4, -0.2) is 47.9 Å². The van der Waals surface area contributed by atoms with Gasteiger partial charge in [-0.2, -0.15) is 36.3 Å². The number of para-hydroxylation sites is 2. The maximum atomic E-state index is 12.4. The lowest BCUT2D eigenvalue weighted by Gasteiger charge is -2.15. The third-order valence-corrected chi connectivity index (χ3v) is 3.03. The molecule has 0 aliphatic carbocycles. The van der Waals surface area contributed by atoms with Crippen LogP contribution in [0.1, 0.15) is 0 Å². The molecule has 1 aromatic heterocycles. The summed E-state index contributed by atoms with van der Waals surface area (Å²) in [6, 6.07) is 3.48. The van der Waals surface area contributed by atoms with E-state index in [1.807, 2.05) is 10.6 Å². The van der Waals surface area contributed by atoms with Gasteiger partial charge in [-0.1, -0.05) is 12.1 Å². The summed E-state index contributed by atoms with van der Waals surface area (Å²) < 4.78 is 124. The molecule has 2 amide bonds. The quantitative estimate of drug-likeness (QED) is 0.532. The fourth-order valence-electron chi connectivity index (χ4n) is 1.96. The lowest BCUT2D eigenvalue weighted by atomic mass is 10.3. The molecular formula is C16H11F9N4O4. The van der Waals surface area contributed by atoms with Crippen LogP contribution >= 0.6 is 0 Å². The fraction of sp³-hybridized carbons (Fsp3) is 0.312. The van der Waals surface area contributed by atoms with E-state index in [2.05, 4.69) is 24.2 Å². The maximum Gasteiger partial charge on any atom is 0.573 e. The van der Waals surface area contributed by atoms with Crippen LogP contribution in [0.4, 0.5) is 55.9 Å². The molecule has 8 nitrogen and oxygen atoms in total. The van der Waals surface area contributed by atoms with Crippen molar-refractivity contribution in [1.29, 1.82) is 0 Å². The normalized spacial score (nSPS) is 12.2. The first kappa shape index (κ1) is 25.6. The molecule has 0 aliphatic rings. The molecular weight excluding hydrogens is 483 g/mol. The average Bonchev–Trinajstić information content (AvgIpc) is 2.64. The molecule has 2 N–H and O–H groups in total. The molecule has 0 atom stereocenters. The minimum atomic E-state index is -5.09. The van der Waals surface area contributed by atoms with Gasteiger partial charge in [-0.25, -0.2) is 4.79 Å². The Labute approximate surface area is 177 Å². The number of aromatic nitrogens is 2. The molecule has 0 unspecified atom stereocenters. The average molecular weight is 494 g/mol. The Morgan fingerprint density at radius 3 is 1.82 bits per heavy atom. The number of halogens is 9. The van der Waals surface area contributed by atoms with E-state index in [1.54, 1.807) is 0 Å². The van der Waals surface area contributed by atoms with E-state index in [4.69, 9.17) is 0 Å². The molecule has 2 aromatic rings. The van der Waals surface area contributed by atoms with Gasteiger partial charge in [0, 0.05) is 0 Å². The van der Waals surface area contributed by atoms with Crippen LogP contribution in [0.25, 0.3) is 0 Å².